The zero-order valence-corrected chi connectivity index (χ0v) is 19.6. The van der Waals surface area contributed by atoms with E-state index >= 15 is 0 Å². The number of hydrogen-bond donors (Lipinski definition) is 0. The highest BCUT2D eigenvalue weighted by Crippen LogP contribution is 2.38. The van der Waals surface area contributed by atoms with Crippen molar-refractivity contribution in [1.29, 1.82) is 0 Å². The third-order valence-corrected chi connectivity index (χ3v) is 7.89. The first-order valence-electron chi connectivity index (χ1n) is 11.1. The number of sulfonamides is 1. The summed E-state index contributed by atoms with van der Waals surface area (Å²) in [6, 6.07) is 8.35. The Bertz CT molecular complexity index is 1120. The van der Waals surface area contributed by atoms with Gasteiger partial charge in [-0.2, -0.15) is 4.31 Å². The molecule has 0 spiro atoms. The molecule has 2 aliphatic heterocycles. The number of anilines is 1. The second-order valence-corrected chi connectivity index (χ2v) is 9.95. The number of aryl methyl sites for hydroxylation is 1. The number of amides is 1. The molecule has 33 heavy (non-hydrogen) atoms. The maximum Gasteiger partial charge on any atom is 0.374 e. The Morgan fingerprint density at radius 1 is 1.12 bits per heavy atom. The smallest absolute Gasteiger partial charge is 0.374 e. The van der Waals surface area contributed by atoms with Crippen LogP contribution in [0, 0.1) is 5.92 Å². The summed E-state index contributed by atoms with van der Waals surface area (Å²) in [5, 5.41) is -0.301. The van der Waals surface area contributed by atoms with Gasteiger partial charge in [0, 0.05) is 25.6 Å². The van der Waals surface area contributed by atoms with Crippen LogP contribution in [0.2, 0.25) is 0 Å². The number of carbonyl (C=O) groups is 2. The average Bonchev–Trinajstić information content (AvgIpc) is 3.34. The van der Waals surface area contributed by atoms with E-state index < -0.39 is 16.0 Å². The number of furan rings is 1. The number of esters is 1. The molecule has 4 rings (SSSR count). The van der Waals surface area contributed by atoms with Crippen molar-refractivity contribution < 1.29 is 31.9 Å². The summed E-state index contributed by atoms with van der Waals surface area (Å²) in [6.45, 7) is 2.83. The second-order valence-electron chi connectivity index (χ2n) is 8.08. The monoisotopic (exact) mass is 476 g/mol. The van der Waals surface area contributed by atoms with Gasteiger partial charge < -0.3 is 18.8 Å². The van der Waals surface area contributed by atoms with Crippen molar-refractivity contribution in [3.05, 3.63) is 41.7 Å². The second kappa shape index (κ2) is 9.56. The minimum absolute atomic E-state index is 0.0000869. The molecule has 10 heteroatoms. The highest BCUT2D eigenvalue weighted by atomic mass is 32.2. The molecule has 178 valence electrons. The van der Waals surface area contributed by atoms with Gasteiger partial charge in [0.05, 0.1) is 19.4 Å². The molecule has 0 saturated carbocycles. The van der Waals surface area contributed by atoms with Gasteiger partial charge in [0.2, 0.25) is 16.8 Å². The summed E-state index contributed by atoms with van der Waals surface area (Å²) >= 11 is 0. The molecule has 0 atom stereocenters. The van der Waals surface area contributed by atoms with Crippen LogP contribution in [0.5, 0.6) is 5.75 Å². The number of ether oxygens (including phenoxy) is 2. The first-order chi connectivity index (χ1) is 15.9. The Hall–Kier alpha value is -2.85. The van der Waals surface area contributed by atoms with Crippen LogP contribution in [0.1, 0.15) is 42.3 Å². The predicted molar refractivity (Wildman–Crippen MR) is 120 cm³/mol. The summed E-state index contributed by atoms with van der Waals surface area (Å²) < 4.78 is 42.9. The van der Waals surface area contributed by atoms with Crippen molar-refractivity contribution in [3.8, 4) is 5.75 Å². The summed E-state index contributed by atoms with van der Waals surface area (Å²) in [7, 11) is -2.31. The summed E-state index contributed by atoms with van der Waals surface area (Å²) in [6.07, 6.45) is 2.58. The fourth-order valence-corrected chi connectivity index (χ4v) is 5.84. The van der Waals surface area contributed by atoms with Crippen LogP contribution in [-0.2, 0) is 26.0 Å². The number of rotatable bonds is 6. The van der Waals surface area contributed by atoms with Crippen LogP contribution >= 0.6 is 0 Å². The first kappa shape index (κ1) is 23.3. The van der Waals surface area contributed by atoms with Crippen LogP contribution in [0.4, 0.5) is 5.69 Å². The van der Waals surface area contributed by atoms with E-state index in [4.69, 9.17) is 13.9 Å². The zero-order chi connectivity index (χ0) is 23.6. The topological polar surface area (TPSA) is 106 Å². The maximum absolute atomic E-state index is 13.4. The molecule has 0 N–H and O–H groups in total. The van der Waals surface area contributed by atoms with Crippen molar-refractivity contribution in [2.45, 2.75) is 37.7 Å². The molecule has 1 amide bonds. The summed E-state index contributed by atoms with van der Waals surface area (Å²) in [4.78, 5) is 27.0. The molecule has 2 aromatic rings. The van der Waals surface area contributed by atoms with Gasteiger partial charge in [-0.25, -0.2) is 13.2 Å². The standard InChI is InChI=1S/C23H28N2O7S/c1-3-31-23(27)19-9-10-20(32-19)33(28,29)24-14-11-17(12-15-24)22(26)25-13-5-7-16-6-4-8-18(30-2)21(16)25/h4,6,8-10,17H,3,5,7,11-15H2,1-2H3. The van der Waals surface area contributed by atoms with Gasteiger partial charge in [0.15, 0.2) is 0 Å². The van der Waals surface area contributed by atoms with Gasteiger partial charge in [0.1, 0.15) is 5.75 Å². The lowest BCUT2D eigenvalue weighted by molar-refractivity contribution is -0.123. The molecule has 0 aliphatic carbocycles. The highest BCUT2D eigenvalue weighted by molar-refractivity contribution is 7.89. The lowest BCUT2D eigenvalue weighted by Crippen LogP contribution is -2.45. The molecular formula is C23H28N2O7S. The van der Waals surface area contributed by atoms with E-state index in [0.717, 1.165) is 24.1 Å². The Balaban J connectivity index is 1.45. The highest BCUT2D eigenvalue weighted by Gasteiger charge is 2.37. The molecule has 0 bridgehead atoms. The minimum Gasteiger partial charge on any atom is -0.495 e. The van der Waals surface area contributed by atoms with Crippen LogP contribution in [0.15, 0.2) is 39.8 Å². The molecular weight excluding hydrogens is 448 g/mol. The van der Waals surface area contributed by atoms with Crippen molar-refractivity contribution in [3.63, 3.8) is 0 Å². The number of benzene rings is 1. The molecule has 0 radical (unpaired) electrons. The van der Waals surface area contributed by atoms with E-state index in [-0.39, 0.29) is 42.4 Å². The largest absolute Gasteiger partial charge is 0.495 e. The number of piperidine rings is 1. The number of nitrogens with zero attached hydrogens (tertiary/aromatic N) is 2. The molecule has 1 aromatic carbocycles. The molecule has 1 aromatic heterocycles. The molecule has 0 unspecified atom stereocenters. The Morgan fingerprint density at radius 3 is 2.58 bits per heavy atom. The van der Waals surface area contributed by atoms with Crippen molar-refractivity contribution >= 4 is 27.6 Å². The van der Waals surface area contributed by atoms with Crippen molar-refractivity contribution in [2.24, 2.45) is 5.92 Å². The van der Waals surface area contributed by atoms with Crippen molar-refractivity contribution in [2.75, 3.05) is 38.3 Å². The van der Waals surface area contributed by atoms with Crippen LogP contribution < -0.4 is 9.64 Å². The van der Waals surface area contributed by atoms with E-state index in [0.29, 0.717) is 25.1 Å². The van der Waals surface area contributed by atoms with Gasteiger partial charge in [-0.1, -0.05) is 12.1 Å². The predicted octanol–water partition coefficient (Wildman–Crippen LogP) is 2.85. The fraction of sp³-hybridized carbons (Fsp3) is 0.478. The van der Waals surface area contributed by atoms with Gasteiger partial charge >= 0.3 is 5.97 Å². The van der Waals surface area contributed by atoms with Crippen LogP contribution in [0.25, 0.3) is 0 Å². The van der Waals surface area contributed by atoms with E-state index in [9.17, 15) is 18.0 Å². The lowest BCUT2D eigenvalue weighted by atomic mass is 9.93. The first-order valence-corrected chi connectivity index (χ1v) is 12.5. The van der Waals surface area contributed by atoms with Gasteiger partial charge in [-0.3, -0.25) is 4.79 Å². The normalized spacial score (nSPS) is 17.5. The third kappa shape index (κ3) is 4.49. The number of fused-ring (bicyclic) bond motifs is 1. The van der Waals surface area contributed by atoms with Crippen LogP contribution in [0.3, 0.4) is 0 Å². The lowest BCUT2D eigenvalue weighted by Gasteiger charge is -2.36. The average molecular weight is 477 g/mol. The molecule has 9 nitrogen and oxygen atoms in total. The fourth-order valence-electron chi connectivity index (χ4n) is 4.46. The van der Waals surface area contributed by atoms with Crippen LogP contribution in [-0.4, -0.2) is 58.0 Å². The van der Waals surface area contributed by atoms with E-state index in [1.807, 2.05) is 18.2 Å². The number of hydrogen-bond acceptors (Lipinski definition) is 7. The van der Waals surface area contributed by atoms with Gasteiger partial charge in [-0.05, 0) is 56.4 Å². The number of carbonyl (C=O) groups excluding carboxylic acids is 2. The minimum atomic E-state index is -3.91. The Morgan fingerprint density at radius 2 is 1.88 bits per heavy atom. The summed E-state index contributed by atoms with van der Waals surface area (Å²) in [5.74, 6) is -0.464. The van der Waals surface area contributed by atoms with Gasteiger partial charge in [-0.15, -0.1) is 0 Å². The summed E-state index contributed by atoms with van der Waals surface area (Å²) in [5.41, 5.74) is 1.91. The molecule has 1 fully saturated rings. The Labute approximate surface area is 193 Å². The quantitative estimate of drug-likeness (QED) is 0.590. The third-order valence-electron chi connectivity index (χ3n) is 6.12. The van der Waals surface area contributed by atoms with Crippen molar-refractivity contribution in [1.82, 2.24) is 4.31 Å². The van der Waals surface area contributed by atoms with Gasteiger partial charge in [0.25, 0.3) is 10.0 Å². The molecule has 2 aliphatic rings. The zero-order valence-electron chi connectivity index (χ0n) is 18.8. The SMILES string of the molecule is CCOC(=O)c1ccc(S(=O)(=O)N2CCC(C(=O)N3CCCc4cccc(OC)c43)CC2)o1. The Kier molecular flexibility index (Phi) is 6.76. The molecule has 1 saturated heterocycles. The number of para-hydroxylation sites is 1. The number of methoxy groups -OCH3 is 1. The van der Waals surface area contributed by atoms with E-state index in [1.165, 1.54) is 16.4 Å². The molecule has 3 heterocycles. The van der Waals surface area contributed by atoms with E-state index in [2.05, 4.69) is 0 Å². The van der Waals surface area contributed by atoms with E-state index in [1.54, 1.807) is 18.9 Å². The maximum atomic E-state index is 13.4.